The Balaban J connectivity index is 1.83. The quantitative estimate of drug-likeness (QED) is 0.193. The molecular weight excluding hydrogens is 390 g/mol. The summed E-state index contributed by atoms with van der Waals surface area (Å²) in [4.78, 5) is 50.8. The fraction of sp³-hybridized carbons (Fsp3) is 0.190. The summed E-state index contributed by atoms with van der Waals surface area (Å²) in [5.74, 6) is -2.57. The van der Waals surface area contributed by atoms with Gasteiger partial charge in [0.05, 0.1) is 17.1 Å². The third kappa shape index (κ3) is 4.52. The number of carbonyl (C=O) groups is 3. The number of ether oxygens (including phenoxy) is 1. The Hall–Kier alpha value is -4.01. The van der Waals surface area contributed by atoms with Crippen molar-refractivity contribution in [1.29, 1.82) is 0 Å². The van der Waals surface area contributed by atoms with Gasteiger partial charge in [0.15, 0.2) is 0 Å². The molecule has 1 atom stereocenters. The van der Waals surface area contributed by atoms with E-state index in [2.05, 4.69) is 10.3 Å². The highest BCUT2D eigenvalue weighted by Crippen LogP contribution is 2.24. The minimum absolute atomic E-state index is 0.0199. The van der Waals surface area contributed by atoms with E-state index < -0.39 is 28.6 Å². The van der Waals surface area contributed by atoms with Crippen molar-refractivity contribution in [3.8, 4) is 0 Å². The van der Waals surface area contributed by atoms with Crippen LogP contribution in [-0.2, 0) is 20.7 Å². The number of nitrogens with zero attached hydrogens (tertiary/aromatic N) is 1. The Bertz CT molecular complexity index is 1110. The number of non-ortho nitro benzene ring substituents is 1. The monoisotopic (exact) mass is 409 g/mol. The molecule has 0 saturated heterocycles. The van der Waals surface area contributed by atoms with Crippen LogP contribution in [0.3, 0.4) is 0 Å². The van der Waals surface area contributed by atoms with Crippen LogP contribution in [0.1, 0.15) is 22.8 Å². The second-order valence-electron chi connectivity index (χ2n) is 6.49. The van der Waals surface area contributed by atoms with Crippen LogP contribution in [0.4, 0.5) is 5.69 Å². The molecule has 0 bridgehead atoms. The highest BCUT2D eigenvalue weighted by Gasteiger charge is 2.28. The van der Waals surface area contributed by atoms with Gasteiger partial charge in [-0.15, -0.1) is 0 Å². The summed E-state index contributed by atoms with van der Waals surface area (Å²) in [6.07, 6.45) is 1.46. The van der Waals surface area contributed by atoms with Gasteiger partial charge < -0.3 is 15.0 Å². The number of Topliss-reactive ketones (excluding diaryl/α,β-unsaturated/α-hetero) is 1. The fourth-order valence-corrected chi connectivity index (χ4v) is 3.04. The molecule has 9 nitrogen and oxygen atoms in total. The molecule has 3 aromatic rings. The Morgan fingerprint density at radius 3 is 2.57 bits per heavy atom. The van der Waals surface area contributed by atoms with Crippen LogP contribution in [0.2, 0.25) is 0 Å². The van der Waals surface area contributed by atoms with Crippen molar-refractivity contribution in [3.63, 3.8) is 0 Å². The molecule has 0 aliphatic heterocycles. The average Bonchev–Trinajstić information content (AvgIpc) is 3.16. The Morgan fingerprint density at radius 2 is 1.90 bits per heavy atom. The number of hydrogen-bond donors (Lipinski definition) is 2. The van der Waals surface area contributed by atoms with Crippen molar-refractivity contribution < 1.29 is 24.0 Å². The zero-order chi connectivity index (χ0) is 21.7. The zero-order valence-electron chi connectivity index (χ0n) is 16.1. The number of aromatic amines is 1. The maximum absolute atomic E-state index is 12.7. The summed E-state index contributed by atoms with van der Waals surface area (Å²) in [7, 11) is 0. The number of nitrogens with one attached hydrogen (secondary N) is 2. The summed E-state index contributed by atoms with van der Waals surface area (Å²) < 4.78 is 5.01. The molecule has 1 aromatic heterocycles. The highest BCUT2D eigenvalue weighted by molar-refractivity contribution is 6.45. The van der Waals surface area contributed by atoms with Gasteiger partial charge in [-0.1, -0.05) is 30.3 Å². The summed E-state index contributed by atoms with van der Waals surface area (Å²) in [6, 6.07) is 11.9. The minimum atomic E-state index is -1.05. The second kappa shape index (κ2) is 8.99. The van der Waals surface area contributed by atoms with Gasteiger partial charge >= 0.3 is 5.97 Å². The van der Waals surface area contributed by atoms with E-state index in [1.54, 1.807) is 31.2 Å². The molecule has 2 aromatic carbocycles. The molecule has 0 fully saturated rings. The average molecular weight is 409 g/mol. The SMILES string of the molecule is CCOC(=O)[C@H](Cc1ccccc1)NC(=O)C(=O)c1c[nH]c2ccc([N+](=O)[O-])cc12. The first-order valence-corrected chi connectivity index (χ1v) is 9.22. The van der Waals surface area contributed by atoms with E-state index in [1.807, 2.05) is 6.07 Å². The van der Waals surface area contributed by atoms with Crippen molar-refractivity contribution in [2.24, 2.45) is 0 Å². The van der Waals surface area contributed by atoms with Crippen LogP contribution in [0, 0.1) is 10.1 Å². The lowest BCUT2D eigenvalue weighted by molar-refractivity contribution is -0.384. The number of esters is 1. The van der Waals surface area contributed by atoms with E-state index in [-0.39, 0.29) is 29.7 Å². The number of hydrogen-bond acceptors (Lipinski definition) is 6. The minimum Gasteiger partial charge on any atom is -0.464 e. The molecule has 0 saturated carbocycles. The molecule has 9 heteroatoms. The van der Waals surface area contributed by atoms with Crippen LogP contribution in [-0.4, -0.2) is 40.2 Å². The highest BCUT2D eigenvalue weighted by atomic mass is 16.6. The third-order valence-corrected chi connectivity index (χ3v) is 4.49. The zero-order valence-corrected chi connectivity index (χ0v) is 16.1. The van der Waals surface area contributed by atoms with Crippen LogP contribution < -0.4 is 5.32 Å². The largest absolute Gasteiger partial charge is 0.464 e. The van der Waals surface area contributed by atoms with Gasteiger partial charge in [-0.25, -0.2) is 4.79 Å². The molecule has 0 radical (unpaired) electrons. The predicted octanol–water partition coefficient (Wildman–Crippen LogP) is 2.55. The van der Waals surface area contributed by atoms with Gasteiger partial charge in [0.25, 0.3) is 17.4 Å². The maximum atomic E-state index is 12.7. The number of rotatable bonds is 8. The van der Waals surface area contributed by atoms with E-state index in [9.17, 15) is 24.5 Å². The number of amides is 1. The molecular formula is C21H19N3O6. The van der Waals surface area contributed by atoms with Gasteiger partial charge in [-0.2, -0.15) is 0 Å². The number of nitro benzene ring substituents is 1. The van der Waals surface area contributed by atoms with Gasteiger partial charge in [-0.05, 0) is 18.6 Å². The van der Waals surface area contributed by atoms with E-state index in [0.717, 1.165) is 5.56 Å². The number of carbonyl (C=O) groups excluding carboxylic acids is 3. The number of benzene rings is 2. The maximum Gasteiger partial charge on any atom is 0.328 e. The molecule has 0 spiro atoms. The number of H-pyrrole nitrogens is 1. The van der Waals surface area contributed by atoms with Crippen molar-refractivity contribution >= 4 is 34.3 Å². The van der Waals surface area contributed by atoms with Crippen molar-refractivity contribution in [1.82, 2.24) is 10.3 Å². The predicted molar refractivity (Wildman–Crippen MR) is 108 cm³/mol. The van der Waals surface area contributed by atoms with E-state index in [1.165, 1.54) is 24.4 Å². The molecule has 154 valence electrons. The lowest BCUT2D eigenvalue weighted by Gasteiger charge is -2.17. The first-order valence-electron chi connectivity index (χ1n) is 9.22. The van der Waals surface area contributed by atoms with Gasteiger partial charge in [0.2, 0.25) is 0 Å². The van der Waals surface area contributed by atoms with Gasteiger partial charge in [0, 0.05) is 35.7 Å². The molecule has 1 amide bonds. The summed E-state index contributed by atoms with van der Waals surface area (Å²) in [6.45, 7) is 1.77. The summed E-state index contributed by atoms with van der Waals surface area (Å²) >= 11 is 0. The molecule has 2 N–H and O–H groups in total. The molecule has 1 heterocycles. The summed E-state index contributed by atoms with van der Waals surface area (Å²) in [5, 5.41) is 13.7. The Morgan fingerprint density at radius 1 is 1.17 bits per heavy atom. The van der Waals surface area contributed by atoms with Gasteiger partial charge in [-0.3, -0.25) is 19.7 Å². The Kier molecular flexibility index (Phi) is 6.21. The normalized spacial score (nSPS) is 11.6. The lowest BCUT2D eigenvalue weighted by Crippen LogP contribution is -2.46. The number of nitro groups is 1. The van der Waals surface area contributed by atoms with Crippen LogP contribution >= 0.6 is 0 Å². The van der Waals surface area contributed by atoms with E-state index >= 15 is 0 Å². The molecule has 0 aliphatic carbocycles. The standard InChI is InChI=1S/C21H19N3O6/c1-2-30-21(27)18(10-13-6-4-3-5-7-13)23-20(26)19(25)16-12-22-17-9-8-14(24(28)29)11-15(16)17/h3-9,11-12,18,22H,2,10H2,1H3,(H,23,26)/t18-/m0/s1. The van der Waals surface area contributed by atoms with Crippen LogP contribution in [0.5, 0.6) is 0 Å². The second-order valence-corrected chi connectivity index (χ2v) is 6.49. The lowest BCUT2D eigenvalue weighted by atomic mass is 10.0. The fourth-order valence-electron chi connectivity index (χ4n) is 3.04. The number of ketones is 1. The molecule has 3 rings (SSSR count). The summed E-state index contributed by atoms with van der Waals surface area (Å²) in [5.41, 5.74) is 1.03. The molecule has 0 aliphatic rings. The van der Waals surface area contributed by atoms with Gasteiger partial charge in [0.1, 0.15) is 6.04 Å². The number of aromatic nitrogens is 1. The van der Waals surface area contributed by atoms with Crippen molar-refractivity contribution in [2.45, 2.75) is 19.4 Å². The molecule has 0 unspecified atom stereocenters. The van der Waals surface area contributed by atoms with Crippen LogP contribution in [0.25, 0.3) is 10.9 Å². The van der Waals surface area contributed by atoms with E-state index in [0.29, 0.717) is 5.52 Å². The third-order valence-electron chi connectivity index (χ3n) is 4.49. The first-order chi connectivity index (χ1) is 14.4. The first kappa shape index (κ1) is 20.7. The number of fused-ring (bicyclic) bond motifs is 1. The topological polar surface area (TPSA) is 131 Å². The van der Waals surface area contributed by atoms with Crippen molar-refractivity contribution in [3.05, 3.63) is 76.0 Å². The van der Waals surface area contributed by atoms with Crippen LogP contribution in [0.15, 0.2) is 54.7 Å². The molecule has 30 heavy (non-hydrogen) atoms. The van der Waals surface area contributed by atoms with Crippen molar-refractivity contribution in [2.75, 3.05) is 6.61 Å². The van der Waals surface area contributed by atoms with E-state index in [4.69, 9.17) is 4.74 Å². The smallest absolute Gasteiger partial charge is 0.328 e. The Labute approximate surface area is 171 Å².